The third-order valence-corrected chi connectivity index (χ3v) is 7.39. The molecule has 0 aliphatic carbocycles. The quantitative estimate of drug-likeness (QED) is 0.631. The fourth-order valence-corrected chi connectivity index (χ4v) is 5.15. The Hall–Kier alpha value is -2.42. The van der Waals surface area contributed by atoms with Crippen LogP contribution in [0.4, 0.5) is 0 Å². The molecule has 2 heterocycles. The third-order valence-electron chi connectivity index (χ3n) is 5.47. The van der Waals surface area contributed by atoms with Gasteiger partial charge in [0.15, 0.2) is 0 Å². The molecule has 1 amide bonds. The van der Waals surface area contributed by atoms with Crippen molar-refractivity contribution >= 4 is 22.0 Å². The van der Waals surface area contributed by atoms with E-state index in [1.807, 2.05) is 31.1 Å². The smallest absolute Gasteiger partial charge is 0.244 e. The van der Waals surface area contributed by atoms with Crippen molar-refractivity contribution in [1.29, 1.82) is 0 Å². The normalized spacial score (nSPS) is 17.0. The predicted molar refractivity (Wildman–Crippen MR) is 121 cm³/mol. The summed E-state index contributed by atoms with van der Waals surface area (Å²) >= 11 is 0. The summed E-state index contributed by atoms with van der Waals surface area (Å²) in [6, 6.07) is 10.3. The van der Waals surface area contributed by atoms with Gasteiger partial charge in [-0.2, -0.15) is 4.31 Å². The zero-order valence-corrected chi connectivity index (χ0v) is 19.0. The molecule has 0 saturated carbocycles. The highest BCUT2D eigenvalue weighted by molar-refractivity contribution is 7.89. The molecule has 8 heteroatoms. The number of nitrogens with one attached hydrogen (secondary N) is 1. The predicted octanol–water partition coefficient (Wildman–Crippen LogP) is 3.28. The molecule has 2 aromatic rings. The topological polar surface area (TPSA) is 82.9 Å². The summed E-state index contributed by atoms with van der Waals surface area (Å²) in [5.41, 5.74) is 0.764. The summed E-state index contributed by atoms with van der Waals surface area (Å²) in [5.74, 6) is 0.565. The Morgan fingerprint density at radius 1 is 1.13 bits per heavy atom. The first kappa shape index (κ1) is 23.2. The summed E-state index contributed by atoms with van der Waals surface area (Å²) < 4.78 is 32.7. The Balaban J connectivity index is 1.58. The van der Waals surface area contributed by atoms with Gasteiger partial charge in [0, 0.05) is 25.7 Å². The first-order valence-electron chi connectivity index (χ1n) is 10.6. The Kier molecular flexibility index (Phi) is 8.06. The van der Waals surface area contributed by atoms with Gasteiger partial charge in [-0.05, 0) is 62.8 Å². The number of sulfonamides is 1. The minimum absolute atomic E-state index is 0.0594. The number of nitrogens with zero attached hydrogens (tertiary/aromatic N) is 2. The van der Waals surface area contributed by atoms with Gasteiger partial charge in [-0.1, -0.05) is 25.0 Å². The molecule has 1 unspecified atom stereocenters. The van der Waals surface area contributed by atoms with Gasteiger partial charge in [0.2, 0.25) is 15.9 Å². The molecule has 1 aromatic heterocycles. The number of furan rings is 1. The molecule has 168 valence electrons. The maximum atomic E-state index is 12.9. The Morgan fingerprint density at radius 3 is 2.39 bits per heavy atom. The summed E-state index contributed by atoms with van der Waals surface area (Å²) in [6.07, 6.45) is 8.71. The van der Waals surface area contributed by atoms with Gasteiger partial charge in [-0.15, -0.1) is 0 Å². The van der Waals surface area contributed by atoms with Crippen LogP contribution in [0.2, 0.25) is 0 Å². The first-order valence-corrected chi connectivity index (χ1v) is 12.1. The molecule has 0 spiro atoms. The van der Waals surface area contributed by atoms with E-state index in [1.165, 1.54) is 6.08 Å². The Labute approximate surface area is 184 Å². The van der Waals surface area contributed by atoms with Crippen LogP contribution in [0.5, 0.6) is 0 Å². The van der Waals surface area contributed by atoms with Crippen LogP contribution in [-0.2, 0) is 14.8 Å². The van der Waals surface area contributed by atoms with Crippen molar-refractivity contribution in [3.8, 4) is 0 Å². The van der Waals surface area contributed by atoms with Crippen molar-refractivity contribution in [1.82, 2.24) is 14.5 Å². The Morgan fingerprint density at radius 2 is 1.81 bits per heavy atom. The molecule has 1 aromatic carbocycles. The lowest BCUT2D eigenvalue weighted by molar-refractivity contribution is -0.116. The summed E-state index contributed by atoms with van der Waals surface area (Å²) in [6.45, 7) is 1.57. The van der Waals surface area contributed by atoms with Gasteiger partial charge in [-0.25, -0.2) is 8.42 Å². The second kappa shape index (κ2) is 10.7. The molecule has 0 bridgehead atoms. The number of rotatable bonds is 8. The average molecular weight is 446 g/mol. The summed E-state index contributed by atoms with van der Waals surface area (Å²) in [5, 5.41) is 2.88. The van der Waals surface area contributed by atoms with Gasteiger partial charge < -0.3 is 9.73 Å². The fourth-order valence-electron chi connectivity index (χ4n) is 3.63. The van der Waals surface area contributed by atoms with Crippen molar-refractivity contribution in [2.45, 2.75) is 36.6 Å². The average Bonchev–Trinajstić information content (AvgIpc) is 3.12. The van der Waals surface area contributed by atoms with Crippen LogP contribution in [0, 0.1) is 0 Å². The zero-order chi connectivity index (χ0) is 22.3. The molecular formula is C23H31N3O4S. The number of hydrogen-bond acceptors (Lipinski definition) is 5. The second-order valence-corrected chi connectivity index (χ2v) is 9.90. The molecule has 31 heavy (non-hydrogen) atoms. The molecule has 7 nitrogen and oxygen atoms in total. The summed E-state index contributed by atoms with van der Waals surface area (Å²) in [7, 11) is 0.389. The number of amides is 1. The molecule has 1 atom stereocenters. The zero-order valence-electron chi connectivity index (χ0n) is 18.2. The minimum atomic E-state index is -3.46. The van der Waals surface area contributed by atoms with E-state index in [0.717, 1.165) is 37.0 Å². The molecule has 1 fully saturated rings. The second-order valence-electron chi connectivity index (χ2n) is 7.96. The van der Waals surface area contributed by atoms with Crippen LogP contribution in [0.1, 0.15) is 43.0 Å². The van der Waals surface area contributed by atoms with Crippen LogP contribution >= 0.6 is 0 Å². The van der Waals surface area contributed by atoms with Crippen molar-refractivity contribution in [3.05, 3.63) is 60.1 Å². The molecule has 1 aliphatic heterocycles. The van der Waals surface area contributed by atoms with E-state index >= 15 is 0 Å². The van der Waals surface area contributed by atoms with Crippen molar-refractivity contribution < 1.29 is 17.6 Å². The van der Waals surface area contributed by atoms with Crippen LogP contribution in [0.3, 0.4) is 0 Å². The van der Waals surface area contributed by atoms with Gasteiger partial charge in [0.1, 0.15) is 5.76 Å². The van der Waals surface area contributed by atoms with Crippen LogP contribution in [0.15, 0.2) is 58.1 Å². The van der Waals surface area contributed by atoms with Crippen LogP contribution in [0.25, 0.3) is 6.08 Å². The number of benzene rings is 1. The van der Waals surface area contributed by atoms with Crippen molar-refractivity contribution in [3.63, 3.8) is 0 Å². The number of carbonyl (C=O) groups is 1. The lowest BCUT2D eigenvalue weighted by Crippen LogP contribution is -2.33. The lowest BCUT2D eigenvalue weighted by Gasteiger charge is -2.22. The van der Waals surface area contributed by atoms with E-state index < -0.39 is 10.0 Å². The van der Waals surface area contributed by atoms with Gasteiger partial charge in [0.25, 0.3) is 0 Å². The maximum Gasteiger partial charge on any atom is 0.244 e. The highest BCUT2D eigenvalue weighted by Gasteiger charge is 2.24. The van der Waals surface area contributed by atoms with E-state index in [-0.39, 0.29) is 11.9 Å². The van der Waals surface area contributed by atoms with E-state index in [0.29, 0.717) is 24.5 Å². The monoisotopic (exact) mass is 445 g/mol. The maximum absolute atomic E-state index is 12.9. The fraction of sp³-hybridized carbons (Fsp3) is 0.435. The number of likely N-dealkylation sites (N-methyl/N-ethyl adjacent to an activating group) is 1. The van der Waals surface area contributed by atoms with Gasteiger partial charge in [0.05, 0.1) is 17.2 Å². The molecule has 0 radical (unpaired) electrons. The summed E-state index contributed by atoms with van der Waals surface area (Å²) in [4.78, 5) is 14.5. The standard InChI is InChI=1S/C23H31N3O4S/c1-25(2)21(22-8-7-17-30-22)18-24-23(27)14-11-19-9-12-20(13-10-19)31(28,29)26-15-5-3-4-6-16-26/h7-14,17,21H,3-6,15-16,18H2,1-2H3,(H,24,27). The third kappa shape index (κ3) is 6.29. The van der Waals surface area contributed by atoms with E-state index in [4.69, 9.17) is 4.42 Å². The van der Waals surface area contributed by atoms with E-state index in [9.17, 15) is 13.2 Å². The minimum Gasteiger partial charge on any atom is -0.468 e. The van der Waals surface area contributed by atoms with Crippen LogP contribution < -0.4 is 5.32 Å². The van der Waals surface area contributed by atoms with Gasteiger partial charge in [-0.3, -0.25) is 9.69 Å². The molecule has 3 rings (SSSR count). The highest BCUT2D eigenvalue weighted by Crippen LogP contribution is 2.21. The van der Waals surface area contributed by atoms with Crippen molar-refractivity contribution in [2.24, 2.45) is 0 Å². The molecule has 1 saturated heterocycles. The van der Waals surface area contributed by atoms with Gasteiger partial charge >= 0.3 is 0 Å². The highest BCUT2D eigenvalue weighted by atomic mass is 32.2. The van der Waals surface area contributed by atoms with Crippen molar-refractivity contribution in [2.75, 3.05) is 33.7 Å². The van der Waals surface area contributed by atoms with E-state index in [1.54, 1.807) is 40.9 Å². The molecular weight excluding hydrogens is 414 g/mol. The Bertz CT molecular complexity index is 959. The van der Waals surface area contributed by atoms with E-state index in [2.05, 4.69) is 5.32 Å². The first-order chi connectivity index (χ1) is 14.9. The number of hydrogen-bond donors (Lipinski definition) is 1. The molecule has 1 aliphatic rings. The van der Waals surface area contributed by atoms with Crippen LogP contribution in [-0.4, -0.2) is 57.3 Å². The molecule has 1 N–H and O–H groups in total. The SMILES string of the molecule is CN(C)C(CNC(=O)C=Cc1ccc(S(=O)(=O)N2CCCCCC2)cc1)c1ccco1. The lowest BCUT2D eigenvalue weighted by atomic mass is 10.2. The largest absolute Gasteiger partial charge is 0.468 e. The number of carbonyl (C=O) groups excluding carboxylic acids is 1.